The second-order valence-electron chi connectivity index (χ2n) is 9.41. The number of benzene rings is 1. The summed E-state index contributed by atoms with van der Waals surface area (Å²) in [7, 11) is 0. The molecule has 1 atom stereocenters. The zero-order valence-corrected chi connectivity index (χ0v) is 17.4. The van der Waals surface area contributed by atoms with Gasteiger partial charge in [-0.2, -0.15) is 0 Å². The molecule has 1 aromatic heterocycles. The van der Waals surface area contributed by atoms with Crippen LogP contribution in [0.5, 0.6) is 0 Å². The summed E-state index contributed by atoms with van der Waals surface area (Å²) in [6.07, 6.45) is 5.75. The second kappa shape index (κ2) is 7.56. The van der Waals surface area contributed by atoms with E-state index in [-0.39, 0.29) is 11.3 Å². The van der Waals surface area contributed by atoms with Crippen LogP contribution in [0.15, 0.2) is 48.5 Å². The number of likely N-dealkylation sites (tertiary alicyclic amines) is 2. The van der Waals surface area contributed by atoms with Crippen LogP contribution in [-0.4, -0.2) is 46.4 Å². The van der Waals surface area contributed by atoms with Crippen molar-refractivity contribution < 1.29 is 4.79 Å². The Hall–Kier alpha value is -2.20. The van der Waals surface area contributed by atoms with E-state index < -0.39 is 0 Å². The first-order valence-corrected chi connectivity index (χ1v) is 11.1. The van der Waals surface area contributed by atoms with Gasteiger partial charge in [-0.1, -0.05) is 36.4 Å². The van der Waals surface area contributed by atoms with Crippen molar-refractivity contribution in [3.05, 3.63) is 65.5 Å². The van der Waals surface area contributed by atoms with Gasteiger partial charge in [-0.15, -0.1) is 0 Å². The monoisotopic (exact) mass is 389 g/mol. The Balaban J connectivity index is 1.31. The lowest BCUT2D eigenvalue weighted by Crippen LogP contribution is -2.54. The van der Waals surface area contributed by atoms with Gasteiger partial charge in [0.25, 0.3) is 0 Å². The number of hydrogen-bond acceptors (Lipinski definition) is 3. The molecular weight excluding hydrogens is 358 g/mol. The smallest absolute Gasteiger partial charge is 0.230 e. The van der Waals surface area contributed by atoms with E-state index in [2.05, 4.69) is 64.2 Å². The second-order valence-corrected chi connectivity index (χ2v) is 9.41. The first kappa shape index (κ1) is 18.8. The molecule has 4 nitrogen and oxygen atoms in total. The highest BCUT2D eigenvalue weighted by molar-refractivity contribution is 5.85. The highest BCUT2D eigenvalue weighted by atomic mass is 16.2. The molecule has 0 bridgehead atoms. The Morgan fingerprint density at radius 2 is 1.79 bits per heavy atom. The minimum atomic E-state index is 0.0375. The minimum absolute atomic E-state index is 0.0375. The molecule has 2 aromatic rings. The lowest BCUT2D eigenvalue weighted by atomic mass is 9.67. The van der Waals surface area contributed by atoms with Crippen LogP contribution in [0.1, 0.15) is 55.0 Å². The average molecular weight is 390 g/mol. The van der Waals surface area contributed by atoms with Gasteiger partial charge in [0.2, 0.25) is 5.91 Å². The number of carbonyl (C=O) groups excluding carboxylic acids is 1. The van der Waals surface area contributed by atoms with Crippen LogP contribution >= 0.6 is 0 Å². The van der Waals surface area contributed by atoms with E-state index in [1.165, 1.54) is 36.9 Å². The van der Waals surface area contributed by atoms with E-state index in [0.717, 1.165) is 38.3 Å². The summed E-state index contributed by atoms with van der Waals surface area (Å²) >= 11 is 0. The fourth-order valence-electron chi connectivity index (χ4n) is 5.33. The summed E-state index contributed by atoms with van der Waals surface area (Å²) in [4.78, 5) is 22.8. The number of carbonyl (C=O) groups is 1. The molecule has 2 aliphatic heterocycles. The van der Waals surface area contributed by atoms with Crippen molar-refractivity contribution in [3.63, 3.8) is 0 Å². The molecule has 1 unspecified atom stereocenters. The topological polar surface area (TPSA) is 36.4 Å². The van der Waals surface area contributed by atoms with Gasteiger partial charge in [-0.3, -0.25) is 14.7 Å². The number of piperidine rings is 2. The van der Waals surface area contributed by atoms with Gasteiger partial charge in [-0.05, 0) is 75.2 Å². The third-order valence-electron chi connectivity index (χ3n) is 7.16. The van der Waals surface area contributed by atoms with Crippen molar-refractivity contribution in [2.45, 2.75) is 57.5 Å². The van der Waals surface area contributed by atoms with Crippen molar-refractivity contribution in [1.82, 2.24) is 14.8 Å². The highest BCUT2D eigenvalue weighted by Gasteiger charge is 2.49. The molecule has 1 aromatic carbocycles. The molecule has 1 saturated carbocycles. The number of pyridine rings is 1. The number of aryl methyl sites for hydroxylation is 1. The Labute approximate surface area is 173 Å². The summed E-state index contributed by atoms with van der Waals surface area (Å²) in [6, 6.07) is 17.3. The highest BCUT2D eigenvalue weighted by Crippen LogP contribution is 2.48. The van der Waals surface area contributed by atoms with Gasteiger partial charge in [0.15, 0.2) is 0 Å². The molecule has 1 amide bonds. The maximum absolute atomic E-state index is 13.3. The predicted octanol–water partition coefficient (Wildman–Crippen LogP) is 4.15. The number of nitrogens with zero attached hydrogens (tertiary/aromatic N) is 3. The predicted molar refractivity (Wildman–Crippen MR) is 114 cm³/mol. The molecule has 0 radical (unpaired) electrons. The minimum Gasteiger partial charge on any atom is -0.339 e. The van der Waals surface area contributed by atoms with Crippen LogP contribution in [-0.2, 0) is 11.3 Å². The number of rotatable bonds is 4. The van der Waals surface area contributed by atoms with Crippen molar-refractivity contribution >= 4 is 5.91 Å². The normalized spacial score (nSPS) is 24.8. The maximum Gasteiger partial charge on any atom is 0.230 e. The van der Waals surface area contributed by atoms with E-state index in [4.69, 9.17) is 0 Å². The number of amides is 1. The third kappa shape index (κ3) is 3.95. The van der Waals surface area contributed by atoms with Gasteiger partial charge in [0, 0.05) is 24.8 Å². The fraction of sp³-hybridized carbons (Fsp3) is 0.520. The van der Waals surface area contributed by atoms with Crippen molar-refractivity contribution in [1.29, 1.82) is 0 Å². The van der Waals surface area contributed by atoms with Crippen molar-refractivity contribution in [2.24, 2.45) is 5.41 Å². The summed E-state index contributed by atoms with van der Waals surface area (Å²) in [5.41, 5.74) is 3.73. The molecule has 3 aliphatic rings. The molecule has 2 saturated heterocycles. The largest absolute Gasteiger partial charge is 0.339 e. The lowest BCUT2D eigenvalue weighted by molar-refractivity contribution is -0.142. The third-order valence-corrected chi connectivity index (χ3v) is 7.16. The first-order chi connectivity index (χ1) is 14.1. The molecule has 152 valence electrons. The molecule has 1 spiro atoms. The van der Waals surface area contributed by atoms with E-state index in [1.807, 2.05) is 6.07 Å². The number of hydrogen-bond donors (Lipinski definition) is 0. The quantitative estimate of drug-likeness (QED) is 0.788. The molecule has 29 heavy (non-hydrogen) atoms. The molecule has 3 fully saturated rings. The Morgan fingerprint density at radius 1 is 1.03 bits per heavy atom. The van der Waals surface area contributed by atoms with E-state index in [9.17, 15) is 4.79 Å². The van der Waals surface area contributed by atoms with Crippen LogP contribution in [0.3, 0.4) is 0 Å². The lowest BCUT2D eigenvalue weighted by Gasteiger charge is -2.50. The molecule has 3 heterocycles. The van der Waals surface area contributed by atoms with Gasteiger partial charge < -0.3 is 4.90 Å². The van der Waals surface area contributed by atoms with Crippen molar-refractivity contribution in [2.75, 3.05) is 19.6 Å². The van der Waals surface area contributed by atoms with E-state index in [0.29, 0.717) is 11.9 Å². The summed E-state index contributed by atoms with van der Waals surface area (Å²) < 4.78 is 0. The van der Waals surface area contributed by atoms with E-state index in [1.54, 1.807) is 0 Å². The van der Waals surface area contributed by atoms with Gasteiger partial charge >= 0.3 is 0 Å². The fourth-order valence-corrected chi connectivity index (χ4v) is 5.33. The van der Waals surface area contributed by atoms with Crippen LogP contribution < -0.4 is 0 Å². The zero-order chi connectivity index (χ0) is 19.8. The molecule has 4 heteroatoms. The van der Waals surface area contributed by atoms with Crippen LogP contribution in [0.25, 0.3) is 0 Å². The Kier molecular flexibility index (Phi) is 4.91. The van der Waals surface area contributed by atoms with Gasteiger partial charge in [0.05, 0.1) is 11.6 Å². The average Bonchev–Trinajstić information content (AvgIpc) is 3.58. The maximum atomic E-state index is 13.3. The van der Waals surface area contributed by atoms with Crippen LogP contribution in [0, 0.1) is 12.3 Å². The molecular formula is C25H31N3O. The Morgan fingerprint density at radius 3 is 2.48 bits per heavy atom. The number of aromatic nitrogens is 1. The summed E-state index contributed by atoms with van der Waals surface area (Å²) in [5, 5.41) is 0. The van der Waals surface area contributed by atoms with Crippen LogP contribution in [0.4, 0.5) is 0 Å². The van der Waals surface area contributed by atoms with Gasteiger partial charge in [0.1, 0.15) is 0 Å². The van der Waals surface area contributed by atoms with Crippen molar-refractivity contribution in [3.8, 4) is 0 Å². The van der Waals surface area contributed by atoms with Gasteiger partial charge in [-0.25, -0.2) is 0 Å². The summed E-state index contributed by atoms with van der Waals surface area (Å²) in [5.74, 6) is 0.409. The first-order valence-electron chi connectivity index (χ1n) is 11.1. The standard InChI is InChI=1S/C25H31N3O/c1-19-6-5-9-21(26-19)17-27-14-12-25(13-15-27)16-23(20-7-3-2-4-8-20)24(29)28(18-25)22-10-11-22/h2-9,22-23H,10-18H2,1H3. The SMILES string of the molecule is Cc1cccc(CN2CCC3(CC2)CC(c2ccccc2)C(=O)N(C2CC2)C3)n1. The van der Waals surface area contributed by atoms with Crippen LogP contribution in [0.2, 0.25) is 0 Å². The molecule has 0 N–H and O–H groups in total. The zero-order valence-electron chi connectivity index (χ0n) is 17.4. The van der Waals surface area contributed by atoms with E-state index >= 15 is 0 Å². The Bertz CT molecular complexity index is 869. The molecule has 1 aliphatic carbocycles. The summed E-state index contributed by atoms with van der Waals surface area (Å²) in [6.45, 7) is 6.17. The molecule has 5 rings (SSSR count).